The first-order chi connectivity index (χ1) is 10.2. The number of ketones is 1. The lowest BCUT2D eigenvalue weighted by Gasteiger charge is -2.03. The molecule has 0 saturated heterocycles. The van der Waals surface area contributed by atoms with Gasteiger partial charge >= 0.3 is 0 Å². The van der Waals surface area contributed by atoms with E-state index in [9.17, 15) is 9.90 Å². The second-order valence-electron chi connectivity index (χ2n) is 5.02. The summed E-state index contributed by atoms with van der Waals surface area (Å²) in [6.45, 7) is 2.58. The van der Waals surface area contributed by atoms with Gasteiger partial charge in [-0.05, 0) is 48.4 Å². The minimum atomic E-state index is -0.00483. The van der Waals surface area contributed by atoms with Crippen molar-refractivity contribution in [3.05, 3.63) is 64.7 Å². The van der Waals surface area contributed by atoms with Crippen LogP contribution in [0.3, 0.4) is 0 Å². The van der Waals surface area contributed by atoms with E-state index in [1.165, 1.54) is 6.07 Å². The Morgan fingerprint density at radius 1 is 1.19 bits per heavy atom. The number of carbonyl (C=O) groups excluding carboxylic acids is 1. The fraction of sp³-hybridized carbons (Fsp3) is 0.167. The molecule has 0 aromatic heterocycles. The summed E-state index contributed by atoms with van der Waals surface area (Å²) in [5.74, 6) is 0.949. The lowest BCUT2D eigenvalue weighted by atomic mass is 10.1. The summed E-state index contributed by atoms with van der Waals surface area (Å²) in [4.78, 5) is 12.3. The molecule has 0 fully saturated rings. The fourth-order valence-corrected chi connectivity index (χ4v) is 2.53. The third-order valence-corrected chi connectivity index (χ3v) is 3.54. The Balaban J connectivity index is 1.87. The Kier molecular flexibility index (Phi) is 3.48. The summed E-state index contributed by atoms with van der Waals surface area (Å²) in [6, 6.07) is 12.6. The Morgan fingerprint density at radius 2 is 1.95 bits per heavy atom. The van der Waals surface area contributed by atoms with Gasteiger partial charge in [0.2, 0.25) is 0 Å². The molecule has 0 bridgehead atoms. The van der Waals surface area contributed by atoms with Crippen molar-refractivity contribution in [2.75, 3.05) is 6.61 Å². The predicted octanol–water partition coefficient (Wildman–Crippen LogP) is 3.61. The number of hydrogen-bond acceptors (Lipinski definition) is 3. The van der Waals surface area contributed by atoms with E-state index >= 15 is 0 Å². The summed E-state index contributed by atoms with van der Waals surface area (Å²) in [7, 11) is 0. The Bertz CT molecular complexity index is 712. The van der Waals surface area contributed by atoms with Crippen LogP contribution >= 0.6 is 0 Å². The van der Waals surface area contributed by atoms with E-state index in [4.69, 9.17) is 4.74 Å². The molecule has 0 atom stereocenters. The van der Waals surface area contributed by atoms with Crippen LogP contribution in [0, 0.1) is 0 Å². The first kappa shape index (κ1) is 13.4. The van der Waals surface area contributed by atoms with E-state index in [-0.39, 0.29) is 11.5 Å². The first-order valence-electron chi connectivity index (χ1n) is 6.97. The van der Waals surface area contributed by atoms with E-state index in [0.29, 0.717) is 18.6 Å². The summed E-state index contributed by atoms with van der Waals surface area (Å²) in [6.07, 6.45) is 2.51. The average molecular weight is 280 g/mol. The summed E-state index contributed by atoms with van der Waals surface area (Å²) < 4.78 is 5.40. The van der Waals surface area contributed by atoms with Gasteiger partial charge in [0.25, 0.3) is 0 Å². The molecule has 2 aromatic rings. The van der Waals surface area contributed by atoms with Crippen LogP contribution in [0.4, 0.5) is 0 Å². The number of ether oxygens (including phenoxy) is 1. The molecule has 0 aliphatic heterocycles. The Morgan fingerprint density at radius 3 is 2.67 bits per heavy atom. The van der Waals surface area contributed by atoms with Crippen LogP contribution in [0.25, 0.3) is 6.08 Å². The van der Waals surface area contributed by atoms with E-state index in [0.717, 1.165) is 22.4 Å². The molecule has 106 valence electrons. The number of carbonyl (C=O) groups is 1. The average Bonchev–Trinajstić information content (AvgIpc) is 2.78. The zero-order chi connectivity index (χ0) is 14.8. The number of allylic oxidation sites excluding steroid dienone is 1. The standard InChI is InChI=1S/C18H16O3/c1-2-21-16-7-3-12(4-8-16)9-14-10-13-5-6-15(19)11-17(13)18(14)20/h3-9,11,19H,2,10H2,1H3. The highest BCUT2D eigenvalue weighted by Crippen LogP contribution is 2.30. The SMILES string of the molecule is CCOc1ccc(C=C2Cc3ccc(O)cc3C2=O)cc1. The van der Waals surface area contributed by atoms with Crippen molar-refractivity contribution >= 4 is 11.9 Å². The van der Waals surface area contributed by atoms with Gasteiger partial charge < -0.3 is 9.84 Å². The predicted molar refractivity (Wildman–Crippen MR) is 81.7 cm³/mol. The van der Waals surface area contributed by atoms with Crippen LogP contribution in [0.5, 0.6) is 11.5 Å². The molecule has 2 aromatic carbocycles. The minimum absolute atomic E-state index is 0.00483. The van der Waals surface area contributed by atoms with Crippen molar-refractivity contribution in [3.63, 3.8) is 0 Å². The number of Topliss-reactive ketones (excluding diaryl/α,β-unsaturated/α-hetero) is 1. The maximum atomic E-state index is 12.3. The number of hydrogen-bond donors (Lipinski definition) is 1. The topological polar surface area (TPSA) is 46.5 Å². The number of fused-ring (bicyclic) bond motifs is 1. The smallest absolute Gasteiger partial charge is 0.189 e. The zero-order valence-electron chi connectivity index (χ0n) is 11.8. The second kappa shape index (κ2) is 5.44. The minimum Gasteiger partial charge on any atom is -0.508 e. The molecule has 0 spiro atoms. The third-order valence-electron chi connectivity index (χ3n) is 3.54. The van der Waals surface area contributed by atoms with Crippen molar-refractivity contribution in [2.45, 2.75) is 13.3 Å². The quantitative estimate of drug-likeness (QED) is 0.874. The highest BCUT2D eigenvalue weighted by Gasteiger charge is 2.24. The summed E-state index contributed by atoms with van der Waals surface area (Å²) >= 11 is 0. The summed E-state index contributed by atoms with van der Waals surface area (Å²) in [5, 5.41) is 9.49. The van der Waals surface area contributed by atoms with Crippen LogP contribution in [-0.2, 0) is 6.42 Å². The number of rotatable bonds is 3. The highest BCUT2D eigenvalue weighted by molar-refractivity contribution is 6.15. The molecule has 3 rings (SSSR count). The Hall–Kier alpha value is -2.55. The normalized spacial score (nSPS) is 15.3. The van der Waals surface area contributed by atoms with E-state index in [1.54, 1.807) is 6.07 Å². The lowest BCUT2D eigenvalue weighted by Crippen LogP contribution is -1.95. The number of phenolic OH excluding ortho intramolecular Hbond substituents is 1. The van der Waals surface area contributed by atoms with Gasteiger partial charge in [-0.3, -0.25) is 4.79 Å². The van der Waals surface area contributed by atoms with Gasteiger partial charge in [0.1, 0.15) is 11.5 Å². The van der Waals surface area contributed by atoms with Gasteiger partial charge in [-0.1, -0.05) is 18.2 Å². The van der Waals surface area contributed by atoms with E-state index < -0.39 is 0 Å². The van der Waals surface area contributed by atoms with Gasteiger partial charge in [0.15, 0.2) is 5.78 Å². The maximum Gasteiger partial charge on any atom is 0.189 e. The number of aromatic hydroxyl groups is 1. The molecule has 1 aliphatic carbocycles. The molecule has 21 heavy (non-hydrogen) atoms. The van der Waals surface area contributed by atoms with E-state index in [2.05, 4.69) is 0 Å². The van der Waals surface area contributed by atoms with E-state index in [1.807, 2.05) is 43.3 Å². The molecule has 0 saturated carbocycles. The van der Waals surface area contributed by atoms with Gasteiger partial charge in [-0.2, -0.15) is 0 Å². The monoisotopic (exact) mass is 280 g/mol. The zero-order valence-corrected chi connectivity index (χ0v) is 11.8. The van der Waals surface area contributed by atoms with Crippen LogP contribution in [0.15, 0.2) is 48.0 Å². The largest absolute Gasteiger partial charge is 0.508 e. The van der Waals surface area contributed by atoms with Crippen LogP contribution in [0.2, 0.25) is 0 Å². The van der Waals surface area contributed by atoms with Gasteiger partial charge in [0.05, 0.1) is 6.61 Å². The molecule has 0 amide bonds. The highest BCUT2D eigenvalue weighted by atomic mass is 16.5. The molecule has 0 radical (unpaired) electrons. The van der Waals surface area contributed by atoms with Crippen molar-refractivity contribution < 1.29 is 14.6 Å². The summed E-state index contributed by atoms with van der Waals surface area (Å²) in [5.41, 5.74) is 3.29. The van der Waals surface area contributed by atoms with Crippen molar-refractivity contribution in [2.24, 2.45) is 0 Å². The van der Waals surface area contributed by atoms with Crippen LogP contribution < -0.4 is 4.74 Å². The van der Waals surface area contributed by atoms with Crippen molar-refractivity contribution in [1.82, 2.24) is 0 Å². The molecule has 3 nitrogen and oxygen atoms in total. The van der Waals surface area contributed by atoms with Gasteiger partial charge in [-0.25, -0.2) is 0 Å². The molecule has 0 unspecified atom stereocenters. The Labute approximate surface area is 123 Å². The van der Waals surface area contributed by atoms with Gasteiger partial charge in [0, 0.05) is 17.6 Å². The number of phenols is 1. The maximum absolute atomic E-state index is 12.3. The van der Waals surface area contributed by atoms with Crippen LogP contribution in [0.1, 0.15) is 28.4 Å². The van der Waals surface area contributed by atoms with Crippen molar-refractivity contribution in [1.29, 1.82) is 0 Å². The van der Waals surface area contributed by atoms with Gasteiger partial charge in [-0.15, -0.1) is 0 Å². The second-order valence-corrected chi connectivity index (χ2v) is 5.02. The molecular weight excluding hydrogens is 264 g/mol. The molecule has 1 N–H and O–H groups in total. The molecule has 0 heterocycles. The molecule has 3 heteroatoms. The van der Waals surface area contributed by atoms with Crippen LogP contribution in [-0.4, -0.2) is 17.5 Å². The lowest BCUT2D eigenvalue weighted by molar-refractivity contribution is 0.104. The molecule has 1 aliphatic rings. The fourth-order valence-electron chi connectivity index (χ4n) is 2.53. The third kappa shape index (κ3) is 2.68. The molecular formula is C18H16O3. The first-order valence-corrected chi connectivity index (χ1v) is 6.97. The number of benzene rings is 2. The van der Waals surface area contributed by atoms with Crippen molar-refractivity contribution in [3.8, 4) is 11.5 Å².